The summed E-state index contributed by atoms with van der Waals surface area (Å²) >= 11 is 3.47. The van der Waals surface area contributed by atoms with Crippen molar-refractivity contribution in [1.29, 1.82) is 0 Å². The zero-order chi connectivity index (χ0) is 13.1. The van der Waals surface area contributed by atoms with Gasteiger partial charge in [0, 0.05) is 15.2 Å². The van der Waals surface area contributed by atoms with Gasteiger partial charge in [0.1, 0.15) is 5.75 Å². The van der Waals surface area contributed by atoms with E-state index in [1.165, 1.54) is 0 Å². The second kappa shape index (κ2) is 6.07. The van der Waals surface area contributed by atoms with Crippen LogP contribution in [0, 0.1) is 13.8 Å². The molecule has 0 bridgehead atoms. The monoisotopic (exact) mass is 340 g/mol. The maximum Gasteiger partial charge on any atom is 0.232 e. The SMILES string of the molecule is Cc1cc(OCCCS(=O)(=O)Cl)cc(C)c1Br. The Morgan fingerprint density at radius 2 is 1.82 bits per heavy atom. The largest absolute Gasteiger partial charge is 0.494 e. The highest BCUT2D eigenvalue weighted by atomic mass is 79.9. The fourth-order valence-corrected chi connectivity index (χ4v) is 2.43. The predicted octanol–water partition coefficient (Wildman–Crippen LogP) is 3.40. The van der Waals surface area contributed by atoms with Crippen molar-refractivity contribution in [3.8, 4) is 5.75 Å². The molecule has 0 saturated carbocycles. The van der Waals surface area contributed by atoms with E-state index >= 15 is 0 Å². The number of rotatable bonds is 5. The summed E-state index contributed by atoms with van der Waals surface area (Å²) in [5.74, 6) is 0.679. The summed E-state index contributed by atoms with van der Waals surface area (Å²) in [4.78, 5) is 0. The lowest BCUT2D eigenvalue weighted by atomic mass is 10.1. The Labute approximate surface area is 115 Å². The second-order valence-corrected chi connectivity index (χ2v) is 7.51. The first-order chi connectivity index (χ1) is 7.79. The molecule has 96 valence electrons. The average Bonchev–Trinajstić information content (AvgIpc) is 2.19. The molecule has 0 aliphatic heterocycles. The maximum absolute atomic E-state index is 10.7. The van der Waals surface area contributed by atoms with E-state index in [0.29, 0.717) is 13.0 Å². The molecule has 0 aromatic heterocycles. The van der Waals surface area contributed by atoms with Crippen molar-refractivity contribution in [1.82, 2.24) is 0 Å². The van der Waals surface area contributed by atoms with Gasteiger partial charge in [-0.15, -0.1) is 0 Å². The molecule has 0 aliphatic rings. The zero-order valence-corrected chi connectivity index (χ0v) is 12.8. The van der Waals surface area contributed by atoms with Crippen LogP contribution in [0.3, 0.4) is 0 Å². The molecule has 0 spiro atoms. The van der Waals surface area contributed by atoms with Gasteiger partial charge in [-0.25, -0.2) is 8.42 Å². The van der Waals surface area contributed by atoms with Crippen LogP contribution in [0.1, 0.15) is 17.5 Å². The van der Waals surface area contributed by atoms with Gasteiger partial charge in [0.05, 0.1) is 12.4 Å². The zero-order valence-electron chi connectivity index (χ0n) is 9.66. The second-order valence-electron chi connectivity index (χ2n) is 3.82. The smallest absolute Gasteiger partial charge is 0.232 e. The summed E-state index contributed by atoms with van der Waals surface area (Å²) in [6.07, 6.45) is 0.389. The van der Waals surface area contributed by atoms with Gasteiger partial charge in [-0.2, -0.15) is 0 Å². The van der Waals surface area contributed by atoms with Crippen LogP contribution in [-0.2, 0) is 9.05 Å². The fourth-order valence-electron chi connectivity index (χ4n) is 1.41. The van der Waals surface area contributed by atoms with Gasteiger partial charge in [-0.05, 0) is 43.5 Å². The first-order valence-corrected chi connectivity index (χ1v) is 8.38. The summed E-state index contributed by atoms with van der Waals surface area (Å²) in [7, 11) is 1.68. The number of hydrogen-bond donors (Lipinski definition) is 0. The molecule has 1 rings (SSSR count). The molecule has 0 unspecified atom stereocenters. The molecule has 0 N–H and O–H groups in total. The van der Waals surface area contributed by atoms with Crippen LogP contribution < -0.4 is 4.74 Å². The molecule has 3 nitrogen and oxygen atoms in total. The van der Waals surface area contributed by atoms with Crippen LogP contribution in [-0.4, -0.2) is 20.8 Å². The Balaban J connectivity index is 2.53. The summed E-state index contributed by atoms with van der Waals surface area (Å²) in [5.41, 5.74) is 2.18. The number of ether oxygens (including phenoxy) is 1. The minimum Gasteiger partial charge on any atom is -0.494 e. The lowest BCUT2D eigenvalue weighted by Gasteiger charge is -2.09. The van der Waals surface area contributed by atoms with Crippen molar-refractivity contribution in [2.75, 3.05) is 12.4 Å². The van der Waals surface area contributed by atoms with Crippen LogP contribution in [0.25, 0.3) is 0 Å². The first kappa shape index (κ1) is 14.8. The Morgan fingerprint density at radius 3 is 2.29 bits per heavy atom. The molecule has 0 amide bonds. The van der Waals surface area contributed by atoms with Gasteiger partial charge in [-0.3, -0.25) is 0 Å². The third-order valence-corrected chi connectivity index (χ3v) is 4.70. The molecule has 6 heteroatoms. The van der Waals surface area contributed by atoms with E-state index in [4.69, 9.17) is 15.4 Å². The minimum atomic E-state index is -3.42. The highest BCUT2D eigenvalue weighted by Gasteiger charge is 2.06. The van der Waals surface area contributed by atoms with Crippen molar-refractivity contribution in [3.63, 3.8) is 0 Å². The van der Waals surface area contributed by atoms with Gasteiger partial charge in [-0.1, -0.05) is 15.9 Å². The minimum absolute atomic E-state index is 0.0664. The Hall–Kier alpha value is -0.260. The molecule has 0 radical (unpaired) electrons. The molecule has 0 saturated heterocycles. The van der Waals surface area contributed by atoms with E-state index in [2.05, 4.69) is 15.9 Å². The number of hydrogen-bond acceptors (Lipinski definition) is 3. The van der Waals surface area contributed by atoms with Crippen LogP contribution in [0.2, 0.25) is 0 Å². The van der Waals surface area contributed by atoms with Crippen molar-refractivity contribution in [2.45, 2.75) is 20.3 Å². The molecule has 0 heterocycles. The van der Waals surface area contributed by atoms with Crippen LogP contribution >= 0.6 is 26.6 Å². The quantitative estimate of drug-likeness (QED) is 0.609. The lowest BCUT2D eigenvalue weighted by Crippen LogP contribution is -2.05. The van der Waals surface area contributed by atoms with Gasteiger partial charge in [0.25, 0.3) is 0 Å². The third kappa shape index (κ3) is 5.27. The molecule has 0 fully saturated rings. The number of halogens is 2. The summed E-state index contributed by atoms with van der Waals surface area (Å²) in [6, 6.07) is 3.82. The average molecular weight is 342 g/mol. The van der Waals surface area contributed by atoms with E-state index in [1.807, 2.05) is 26.0 Å². The van der Waals surface area contributed by atoms with E-state index in [0.717, 1.165) is 21.3 Å². The summed E-state index contributed by atoms with van der Waals surface area (Å²) < 4.78 is 27.9. The van der Waals surface area contributed by atoms with E-state index in [9.17, 15) is 8.42 Å². The Bertz CT molecular complexity index is 476. The van der Waals surface area contributed by atoms with E-state index < -0.39 is 9.05 Å². The van der Waals surface area contributed by atoms with Crippen molar-refractivity contribution >= 4 is 35.7 Å². The van der Waals surface area contributed by atoms with Crippen molar-refractivity contribution < 1.29 is 13.2 Å². The highest BCUT2D eigenvalue weighted by molar-refractivity contribution is 9.10. The Morgan fingerprint density at radius 1 is 1.29 bits per heavy atom. The van der Waals surface area contributed by atoms with Gasteiger partial charge in [0.15, 0.2) is 0 Å². The number of aryl methyl sites for hydroxylation is 2. The van der Waals surface area contributed by atoms with Crippen molar-refractivity contribution in [2.24, 2.45) is 0 Å². The molecule has 17 heavy (non-hydrogen) atoms. The van der Waals surface area contributed by atoms with Crippen LogP contribution in [0.15, 0.2) is 16.6 Å². The lowest BCUT2D eigenvalue weighted by molar-refractivity contribution is 0.317. The van der Waals surface area contributed by atoms with Crippen LogP contribution in [0.4, 0.5) is 0 Å². The topological polar surface area (TPSA) is 43.4 Å². The molecule has 1 aromatic rings. The van der Waals surface area contributed by atoms with E-state index in [1.54, 1.807) is 0 Å². The first-order valence-electron chi connectivity index (χ1n) is 5.11. The standard InChI is InChI=1S/C11H14BrClO3S/c1-8-6-10(7-9(2)11(8)12)16-4-3-5-17(13,14)15/h6-7H,3-5H2,1-2H3. The molecule has 1 aromatic carbocycles. The highest BCUT2D eigenvalue weighted by Crippen LogP contribution is 2.26. The van der Waals surface area contributed by atoms with Gasteiger partial charge in [0.2, 0.25) is 9.05 Å². The van der Waals surface area contributed by atoms with Gasteiger partial charge >= 0.3 is 0 Å². The van der Waals surface area contributed by atoms with E-state index in [-0.39, 0.29) is 5.75 Å². The third-order valence-electron chi connectivity index (χ3n) is 2.21. The summed E-state index contributed by atoms with van der Waals surface area (Å²) in [6.45, 7) is 4.30. The van der Waals surface area contributed by atoms with Crippen LogP contribution in [0.5, 0.6) is 5.75 Å². The molecule has 0 atom stereocenters. The van der Waals surface area contributed by atoms with Gasteiger partial charge < -0.3 is 4.74 Å². The molecular formula is C11H14BrClO3S. The molecule has 0 aliphatic carbocycles. The number of benzene rings is 1. The predicted molar refractivity (Wildman–Crippen MR) is 73.4 cm³/mol. The normalized spacial score (nSPS) is 11.5. The van der Waals surface area contributed by atoms with Crippen molar-refractivity contribution in [3.05, 3.63) is 27.7 Å². The molecular weight excluding hydrogens is 328 g/mol. The Kier molecular flexibility index (Phi) is 5.28. The summed E-state index contributed by atoms with van der Waals surface area (Å²) in [5, 5.41) is 0. The fraction of sp³-hybridized carbons (Fsp3) is 0.455. The maximum atomic E-state index is 10.7.